The molecule has 1 amide bonds. The molecule has 8 nitrogen and oxygen atoms in total. The van der Waals surface area contributed by atoms with Crippen molar-refractivity contribution in [1.82, 2.24) is 19.6 Å². The molecule has 0 atom stereocenters. The zero-order chi connectivity index (χ0) is 22.7. The summed E-state index contributed by atoms with van der Waals surface area (Å²) >= 11 is 0. The minimum atomic E-state index is -0.498. The Morgan fingerprint density at radius 1 is 1.00 bits per heavy atom. The zero-order valence-electron chi connectivity index (χ0n) is 18.1. The molecule has 0 saturated heterocycles. The van der Waals surface area contributed by atoms with Crippen LogP contribution in [0.1, 0.15) is 34.5 Å². The maximum atomic E-state index is 12.7. The van der Waals surface area contributed by atoms with Crippen molar-refractivity contribution in [3.05, 3.63) is 77.4 Å². The molecule has 0 radical (unpaired) electrons. The van der Waals surface area contributed by atoms with Crippen LogP contribution in [0.2, 0.25) is 0 Å². The number of carbonyl (C=O) groups excluding carboxylic acids is 2. The summed E-state index contributed by atoms with van der Waals surface area (Å²) in [7, 11) is 0. The standard InChI is InChI=1S/C24H23N5O3/c1-4-32-23(31)19-13-18(17-8-6-5-7-9-17)10-11-20(19)26-22(30)14-21-27-24-25-15(2)12-16(3)29(24)28-21/h5-13H,4,14H2,1-3H3,(H,26,30). The van der Waals surface area contributed by atoms with Crippen LogP contribution in [0.15, 0.2) is 54.6 Å². The Hall–Kier alpha value is -4.07. The molecule has 32 heavy (non-hydrogen) atoms. The Morgan fingerprint density at radius 2 is 1.78 bits per heavy atom. The Balaban J connectivity index is 1.59. The molecule has 4 aromatic rings. The van der Waals surface area contributed by atoms with Crippen molar-refractivity contribution in [1.29, 1.82) is 0 Å². The van der Waals surface area contributed by atoms with Crippen molar-refractivity contribution < 1.29 is 14.3 Å². The summed E-state index contributed by atoms with van der Waals surface area (Å²) < 4.78 is 6.80. The monoisotopic (exact) mass is 429 g/mol. The number of aryl methyl sites for hydroxylation is 2. The first-order valence-corrected chi connectivity index (χ1v) is 10.3. The number of esters is 1. The molecule has 4 rings (SSSR count). The first kappa shape index (κ1) is 21.2. The number of amides is 1. The van der Waals surface area contributed by atoms with Crippen LogP contribution < -0.4 is 5.32 Å². The summed E-state index contributed by atoms with van der Waals surface area (Å²) in [5.74, 6) is -0.0398. The molecule has 1 N–H and O–H groups in total. The maximum Gasteiger partial charge on any atom is 0.340 e. The van der Waals surface area contributed by atoms with Crippen LogP contribution in [-0.2, 0) is 16.0 Å². The predicted molar refractivity (Wildman–Crippen MR) is 120 cm³/mol. The predicted octanol–water partition coefficient (Wildman–Crippen LogP) is 3.77. The number of anilines is 1. The molecule has 8 heteroatoms. The maximum absolute atomic E-state index is 12.7. The molecule has 0 saturated carbocycles. The molecule has 0 unspecified atom stereocenters. The SMILES string of the molecule is CCOC(=O)c1cc(-c2ccccc2)ccc1NC(=O)Cc1nc2nc(C)cc(C)n2n1. The van der Waals surface area contributed by atoms with Gasteiger partial charge in [0.15, 0.2) is 5.82 Å². The zero-order valence-corrected chi connectivity index (χ0v) is 18.1. The van der Waals surface area contributed by atoms with Crippen molar-refractivity contribution in [2.24, 2.45) is 0 Å². The largest absolute Gasteiger partial charge is 0.462 e. The van der Waals surface area contributed by atoms with Gasteiger partial charge in [0.1, 0.15) is 0 Å². The fraction of sp³-hybridized carbons (Fsp3) is 0.208. The Kier molecular flexibility index (Phi) is 5.93. The van der Waals surface area contributed by atoms with E-state index in [1.54, 1.807) is 23.6 Å². The number of aromatic nitrogens is 4. The lowest BCUT2D eigenvalue weighted by molar-refractivity contribution is -0.115. The van der Waals surface area contributed by atoms with Crippen LogP contribution in [0.5, 0.6) is 0 Å². The molecule has 0 aliphatic heterocycles. The fourth-order valence-corrected chi connectivity index (χ4v) is 3.46. The average molecular weight is 429 g/mol. The van der Waals surface area contributed by atoms with E-state index in [2.05, 4.69) is 20.4 Å². The van der Waals surface area contributed by atoms with Crippen molar-refractivity contribution >= 4 is 23.3 Å². The molecule has 0 bridgehead atoms. The van der Waals surface area contributed by atoms with Crippen LogP contribution in [0, 0.1) is 13.8 Å². The number of benzene rings is 2. The second-order valence-corrected chi connectivity index (χ2v) is 7.35. The molecule has 2 aromatic carbocycles. The number of fused-ring (bicyclic) bond motifs is 1. The molecule has 0 fully saturated rings. The number of rotatable bonds is 6. The smallest absolute Gasteiger partial charge is 0.340 e. The Labute approximate surface area is 185 Å². The lowest BCUT2D eigenvalue weighted by Crippen LogP contribution is -2.18. The quantitative estimate of drug-likeness (QED) is 0.469. The second-order valence-electron chi connectivity index (χ2n) is 7.35. The van der Waals surface area contributed by atoms with Gasteiger partial charge in [-0.05, 0) is 50.1 Å². The van der Waals surface area contributed by atoms with Crippen LogP contribution in [0.3, 0.4) is 0 Å². The topological polar surface area (TPSA) is 98.5 Å². The van der Waals surface area contributed by atoms with Gasteiger partial charge in [-0.3, -0.25) is 4.79 Å². The van der Waals surface area contributed by atoms with Gasteiger partial charge < -0.3 is 10.1 Å². The van der Waals surface area contributed by atoms with Gasteiger partial charge in [-0.15, -0.1) is 5.10 Å². The minimum Gasteiger partial charge on any atom is -0.462 e. The highest BCUT2D eigenvalue weighted by atomic mass is 16.5. The summed E-state index contributed by atoms with van der Waals surface area (Å²) in [6.07, 6.45) is -0.0510. The summed E-state index contributed by atoms with van der Waals surface area (Å²) in [6, 6.07) is 16.9. The molecular weight excluding hydrogens is 406 g/mol. The third-order valence-corrected chi connectivity index (χ3v) is 4.88. The van der Waals surface area contributed by atoms with Gasteiger partial charge in [0.05, 0.1) is 24.3 Å². The molecule has 0 aliphatic rings. The summed E-state index contributed by atoms with van der Waals surface area (Å²) in [6.45, 7) is 5.76. The highest BCUT2D eigenvalue weighted by Gasteiger charge is 2.18. The molecule has 162 valence electrons. The summed E-state index contributed by atoms with van der Waals surface area (Å²) in [5.41, 5.74) is 4.19. The van der Waals surface area contributed by atoms with Crippen molar-refractivity contribution in [2.75, 3.05) is 11.9 Å². The highest BCUT2D eigenvalue weighted by Crippen LogP contribution is 2.26. The fourth-order valence-electron chi connectivity index (χ4n) is 3.46. The van der Waals surface area contributed by atoms with Gasteiger partial charge in [-0.25, -0.2) is 14.3 Å². The van der Waals surface area contributed by atoms with E-state index in [1.807, 2.05) is 56.3 Å². The van der Waals surface area contributed by atoms with Crippen molar-refractivity contribution in [2.45, 2.75) is 27.2 Å². The van der Waals surface area contributed by atoms with E-state index in [4.69, 9.17) is 4.74 Å². The Morgan fingerprint density at radius 3 is 2.53 bits per heavy atom. The molecule has 2 heterocycles. The Bertz CT molecular complexity index is 1300. The summed E-state index contributed by atoms with van der Waals surface area (Å²) in [4.78, 5) is 34.0. The second kappa shape index (κ2) is 8.97. The normalized spacial score (nSPS) is 10.8. The van der Waals surface area contributed by atoms with E-state index in [9.17, 15) is 9.59 Å². The van der Waals surface area contributed by atoms with Gasteiger partial charge in [-0.1, -0.05) is 36.4 Å². The van der Waals surface area contributed by atoms with Crippen LogP contribution in [-0.4, -0.2) is 38.1 Å². The van der Waals surface area contributed by atoms with Crippen LogP contribution in [0.4, 0.5) is 5.69 Å². The minimum absolute atomic E-state index is 0.0510. The molecule has 0 spiro atoms. The third-order valence-electron chi connectivity index (χ3n) is 4.88. The number of hydrogen-bond acceptors (Lipinski definition) is 6. The van der Waals surface area contributed by atoms with Gasteiger partial charge in [0.2, 0.25) is 5.91 Å². The highest BCUT2D eigenvalue weighted by molar-refractivity contribution is 6.02. The first-order valence-electron chi connectivity index (χ1n) is 10.3. The molecule has 2 aromatic heterocycles. The van der Waals surface area contributed by atoms with Crippen LogP contribution >= 0.6 is 0 Å². The van der Waals surface area contributed by atoms with Gasteiger partial charge in [0.25, 0.3) is 5.78 Å². The molecular formula is C24H23N5O3. The van der Waals surface area contributed by atoms with E-state index in [0.717, 1.165) is 22.5 Å². The molecule has 0 aliphatic carbocycles. The van der Waals surface area contributed by atoms with E-state index < -0.39 is 5.97 Å². The number of hydrogen-bond donors (Lipinski definition) is 1. The summed E-state index contributed by atoms with van der Waals surface area (Å²) in [5, 5.41) is 7.16. The lowest BCUT2D eigenvalue weighted by atomic mass is 10.0. The number of carbonyl (C=O) groups is 2. The van der Waals surface area contributed by atoms with Crippen molar-refractivity contribution in [3.63, 3.8) is 0 Å². The first-order chi connectivity index (χ1) is 15.4. The van der Waals surface area contributed by atoms with Gasteiger partial charge >= 0.3 is 5.97 Å². The van der Waals surface area contributed by atoms with E-state index in [1.165, 1.54) is 0 Å². The van der Waals surface area contributed by atoms with Crippen molar-refractivity contribution in [3.8, 4) is 11.1 Å². The number of nitrogens with one attached hydrogen (secondary N) is 1. The number of nitrogens with zero attached hydrogens (tertiary/aromatic N) is 4. The third kappa shape index (κ3) is 4.49. The average Bonchev–Trinajstić information content (AvgIpc) is 3.17. The van der Waals surface area contributed by atoms with Crippen LogP contribution in [0.25, 0.3) is 16.9 Å². The van der Waals surface area contributed by atoms with E-state index in [-0.39, 0.29) is 24.5 Å². The van der Waals surface area contributed by atoms with Gasteiger partial charge in [0, 0.05) is 11.4 Å². The number of ether oxygens (including phenoxy) is 1. The van der Waals surface area contributed by atoms with E-state index in [0.29, 0.717) is 17.3 Å². The van der Waals surface area contributed by atoms with Gasteiger partial charge in [-0.2, -0.15) is 4.98 Å². The van der Waals surface area contributed by atoms with E-state index >= 15 is 0 Å². The lowest BCUT2D eigenvalue weighted by Gasteiger charge is -2.12.